The van der Waals surface area contributed by atoms with Gasteiger partial charge in [0.25, 0.3) is 0 Å². The molecule has 0 amide bonds. The number of rotatable bonds is 8. The topological polar surface area (TPSA) is 18.5 Å². The second kappa shape index (κ2) is 9.36. The summed E-state index contributed by atoms with van der Waals surface area (Å²) in [6.45, 7) is 1.68. The Morgan fingerprint density at radius 3 is 2.39 bits per heavy atom. The monoisotopic (exact) mass is 382 g/mol. The SMILES string of the molecule is CC=CCOc1ccc(-c2ccc3c(OC(F)F)c(CCC)ccc3c2)cc1. The van der Waals surface area contributed by atoms with Gasteiger partial charge in [-0.25, -0.2) is 0 Å². The van der Waals surface area contributed by atoms with Crippen molar-refractivity contribution in [2.45, 2.75) is 33.3 Å². The molecule has 28 heavy (non-hydrogen) atoms. The van der Waals surface area contributed by atoms with E-state index in [2.05, 4.69) is 0 Å². The summed E-state index contributed by atoms with van der Waals surface area (Å²) >= 11 is 0. The fourth-order valence-electron chi connectivity index (χ4n) is 3.20. The van der Waals surface area contributed by atoms with Crippen LogP contribution in [-0.2, 0) is 6.42 Å². The van der Waals surface area contributed by atoms with Gasteiger partial charge in [0.15, 0.2) is 0 Å². The third kappa shape index (κ3) is 4.69. The molecule has 0 atom stereocenters. The highest BCUT2D eigenvalue weighted by molar-refractivity contribution is 5.93. The number of allylic oxidation sites excluding steroid dienone is 1. The van der Waals surface area contributed by atoms with Gasteiger partial charge in [0.2, 0.25) is 0 Å². The van der Waals surface area contributed by atoms with Gasteiger partial charge >= 0.3 is 6.61 Å². The van der Waals surface area contributed by atoms with Crippen molar-refractivity contribution in [1.29, 1.82) is 0 Å². The lowest BCUT2D eigenvalue weighted by atomic mass is 9.98. The molecule has 0 unspecified atom stereocenters. The van der Waals surface area contributed by atoms with Gasteiger partial charge in [-0.1, -0.05) is 61.9 Å². The van der Waals surface area contributed by atoms with Crippen molar-refractivity contribution >= 4 is 10.8 Å². The minimum Gasteiger partial charge on any atom is -0.490 e. The first kappa shape index (κ1) is 19.9. The zero-order chi connectivity index (χ0) is 19.9. The quantitative estimate of drug-likeness (QED) is 0.390. The fourth-order valence-corrected chi connectivity index (χ4v) is 3.20. The molecule has 0 heterocycles. The molecule has 0 saturated heterocycles. The molecule has 0 bridgehead atoms. The fraction of sp³-hybridized carbons (Fsp3) is 0.250. The van der Waals surface area contributed by atoms with Crippen molar-refractivity contribution < 1.29 is 18.3 Å². The summed E-state index contributed by atoms with van der Waals surface area (Å²) in [5.74, 6) is 1.09. The van der Waals surface area contributed by atoms with E-state index in [-0.39, 0.29) is 5.75 Å². The molecular weight excluding hydrogens is 358 g/mol. The number of fused-ring (bicyclic) bond motifs is 1. The standard InChI is InChI=1S/C24H24F2O2/c1-3-5-15-27-21-12-9-17(10-13-21)19-11-14-22-20(16-19)8-7-18(6-4-2)23(22)28-24(25)26/h3,5,7-14,16,24H,4,6,15H2,1-2H3. The molecule has 146 valence electrons. The maximum atomic E-state index is 12.9. The van der Waals surface area contributed by atoms with Crippen LogP contribution < -0.4 is 9.47 Å². The number of benzene rings is 3. The van der Waals surface area contributed by atoms with Crippen LogP contribution in [0.2, 0.25) is 0 Å². The van der Waals surface area contributed by atoms with Gasteiger partial charge < -0.3 is 9.47 Å². The number of hydrogen-bond acceptors (Lipinski definition) is 2. The summed E-state index contributed by atoms with van der Waals surface area (Å²) in [6.07, 6.45) is 5.46. The molecule has 4 heteroatoms. The normalized spacial score (nSPS) is 11.5. The Balaban J connectivity index is 1.92. The van der Waals surface area contributed by atoms with Crippen LogP contribution in [0.25, 0.3) is 21.9 Å². The van der Waals surface area contributed by atoms with Gasteiger partial charge in [0.05, 0.1) is 0 Å². The average Bonchev–Trinajstić information content (AvgIpc) is 2.70. The molecule has 0 saturated carbocycles. The lowest BCUT2D eigenvalue weighted by molar-refractivity contribution is -0.0493. The summed E-state index contributed by atoms with van der Waals surface area (Å²) in [7, 11) is 0. The van der Waals surface area contributed by atoms with Crippen LogP contribution in [0.4, 0.5) is 8.78 Å². The molecule has 0 radical (unpaired) electrons. The average molecular weight is 382 g/mol. The zero-order valence-corrected chi connectivity index (χ0v) is 16.1. The van der Waals surface area contributed by atoms with Crippen molar-refractivity contribution in [3.8, 4) is 22.6 Å². The van der Waals surface area contributed by atoms with E-state index in [1.807, 2.05) is 80.6 Å². The van der Waals surface area contributed by atoms with Gasteiger partial charge in [-0.3, -0.25) is 0 Å². The summed E-state index contributed by atoms with van der Waals surface area (Å²) in [5.41, 5.74) is 2.86. The van der Waals surface area contributed by atoms with Gasteiger partial charge in [-0.2, -0.15) is 8.78 Å². The Morgan fingerprint density at radius 2 is 1.71 bits per heavy atom. The highest BCUT2D eigenvalue weighted by atomic mass is 19.3. The molecule has 0 aliphatic heterocycles. The maximum Gasteiger partial charge on any atom is 0.387 e. The maximum absolute atomic E-state index is 12.9. The van der Waals surface area contributed by atoms with E-state index in [4.69, 9.17) is 9.47 Å². The number of ether oxygens (including phenoxy) is 2. The molecule has 3 aromatic carbocycles. The van der Waals surface area contributed by atoms with Crippen molar-refractivity contribution in [3.05, 3.63) is 72.3 Å². The highest BCUT2D eigenvalue weighted by Crippen LogP contribution is 2.35. The van der Waals surface area contributed by atoms with Crippen LogP contribution >= 0.6 is 0 Å². The number of alkyl halides is 2. The smallest absolute Gasteiger partial charge is 0.387 e. The van der Waals surface area contributed by atoms with Crippen molar-refractivity contribution in [3.63, 3.8) is 0 Å². The molecule has 3 aromatic rings. The summed E-state index contributed by atoms with van der Waals surface area (Å²) < 4.78 is 36.3. The lowest BCUT2D eigenvalue weighted by Gasteiger charge is -2.14. The van der Waals surface area contributed by atoms with Crippen molar-refractivity contribution in [2.24, 2.45) is 0 Å². The van der Waals surface area contributed by atoms with E-state index in [0.717, 1.165) is 34.2 Å². The second-order valence-corrected chi connectivity index (χ2v) is 6.52. The highest BCUT2D eigenvalue weighted by Gasteiger charge is 2.14. The Hall–Kier alpha value is -2.88. The van der Waals surface area contributed by atoms with E-state index in [9.17, 15) is 8.78 Å². The van der Waals surface area contributed by atoms with Crippen LogP contribution in [0.5, 0.6) is 11.5 Å². The van der Waals surface area contributed by atoms with Gasteiger partial charge in [0.1, 0.15) is 18.1 Å². The third-order valence-electron chi connectivity index (χ3n) is 4.55. The Kier molecular flexibility index (Phi) is 6.64. The van der Waals surface area contributed by atoms with E-state index >= 15 is 0 Å². The van der Waals surface area contributed by atoms with Gasteiger partial charge in [0, 0.05) is 5.39 Å². The minimum absolute atomic E-state index is 0.286. The Bertz CT molecular complexity index is 947. The van der Waals surface area contributed by atoms with Gasteiger partial charge in [-0.15, -0.1) is 0 Å². The second-order valence-electron chi connectivity index (χ2n) is 6.52. The van der Waals surface area contributed by atoms with Crippen LogP contribution in [0.1, 0.15) is 25.8 Å². The zero-order valence-electron chi connectivity index (χ0n) is 16.1. The molecular formula is C24H24F2O2. The third-order valence-corrected chi connectivity index (χ3v) is 4.55. The number of aryl methyl sites for hydroxylation is 1. The van der Waals surface area contributed by atoms with Crippen LogP contribution in [0.15, 0.2) is 66.7 Å². The number of hydrogen-bond donors (Lipinski definition) is 0. The predicted molar refractivity (Wildman–Crippen MR) is 110 cm³/mol. The largest absolute Gasteiger partial charge is 0.490 e. The van der Waals surface area contributed by atoms with E-state index in [1.165, 1.54) is 0 Å². The first-order valence-electron chi connectivity index (χ1n) is 9.47. The molecule has 0 N–H and O–H groups in total. The van der Waals surface area contributed by atoms with E-state index < -0.39 is 6.61 Å². The molecule has 0 aromatic heterocycles. The number of halogens is 2. The summed E-state index contributed by atoms with van der Waals surface area (Å²) in [5, 5.41) is 1.59. The molecule has 0 spiro atoms. The van der Waals surface area contributed by atoms with Crippen LogP contribution in [0, 0.1) is 0 Å². The summed E-state index contributed by atoms with van der Waals surface area (Å²) in [6, 6.07) is 17.5. The predicted octanol–water partition coefficient (Wildman–Crippen LogP) is 7.02. The first-order chi connectivity index (χ1) is 13.6. The molecule has 0 fully saturated rings. The van der Waals surface area contributed by atoms with E-state index in [0.29, 0.717) is 18.4 Å². The minimum atomic E-state index is -2.84. The van der Waals surface area contributed by atoms with Gasteiger partial charge in [-0.05, 0) is 53.6 Å². The van der Waals surface area contributed by atoms with Crippen LogP contribution in [0.3, 0.4) is 0 Å². The van der Waals surface area contributed by atoms with Crippen LogP contribution in [-0.4, -0.2) is 13.2 Å². The Morgan fingerprint density at radius 1 is 0.964 bits per heavy atom. The molecule has 0 aliphatic carbocycles. The lowest BCUT2D eigenvalue weighted by Crippen LogP contribution is -2.05. The van der Waals surface area contributed by atoms with Crippen molar-refractivity contribution in [2.75, 3.05) is 6.61 Å². The van der Waals surface area contributed by atoms with Crippen molar-refractivity contribution in [1.82, 2.24) is 0 Å². The summed E-state index contributed by atoms with van der Waals surface area (Å²) in [4.78, 5) is 0. The van der Waals surface area contributed by atoms with E-state index in [1.54, 1.807) is 0 Å². The molecule has 0 aliphatic rings. The Labute approximate surface area is 164 Å². The molecule has 3 rings (SSSR count). The molecule has 2 nitrogen and oxygen atoms in total. The first-order valence-corrected chi connectivity index (χ1v) is 9.47.